The fourth-order valence-corrected chi connectivity index (χ4v) is 2.58. The number of rotatable bonds is 4. The van der Waals surface area contributed by atoms with Crippen molar-refractivity contribution in [3.05, 3.63) is 24.3 Å². The molecule has 6 heteroatoms. The van der Waals surface area contributed by atoms with Crippen LogP contribution in [0.15, 0.2) is 24.3 Å². The summed E-state index contributed by atoms with van der Waals surface area (Å²) >= 11 is 0. The number of carbonyl (C=O) groups is 2. The number of aliphatic carboxylic acids is 1. The average molecular weight is 292 g/mol. The van der Waals surface area contributed by atoms with Crippen molar-refractivity contribution in [1.82, 2.24) is 4.90 Å². The lowest BCUT2D eigenvalue weighted by Gasteiger charge is -2.23. The monoisotopic (exact) mass is 292 g/mol. The number of nitrogens with one attached hydrogen (secondary N) is 1. The van der Waals surface area contributed by atoms with Gasteiger partial charge < -0.3 is 20.1 Å². The number of nitrogens with zero attached hydrogens (tertiary/aromatic N) is 1. The van der Waals surface area contributed by atoms with Gasteiger partial charge in [0.25, 0.3) is 0 Å². The lowest BCUT2D eigenvalue weighted by atomic mass is 10.0. The minimum absolute atomic E-state index is 0.278. The van der Waals surface area contributed by atoms with E-state index in [1.165, 1.54) is 0 Å². The highest BCUT2D eigenvalue weighted by Gasteiger charge is 2.38. The molecular formula is C15H20N2O4. The number of carboxylic acids is 1. The number of carboxylic acid groups (broad SMARTS) is 1. The molecule has 114 valence electrons. The molecule has 2 atom stereocenters. The standard InChI is InChI=1S/C15H20N2O4/c1-3-21-12-6-4-5-11(9-12)16-15(20)17-8-7-13(10(17)2)14(18)19/h4-6,9-10,13H,3,7-8H2,1-2H3,(H,16,20)(H,18,19). The summed E-state index contributed by atoms with van der Waals surface area (Å²) in [5, 5.41) is 11.9. The molecule has 2 amide bonds. The van der Waals surface area contributed by atoms with Crippen molar-refractivity contribution in [1.29, 1.82) is 0 Å². The summed E-state index contributed by atoms with van der Waals surface area (Å²) in [5.74, 6) is -0.658. The van der Waals surface area contributed by atoms with Crippen LogP contribution in [0.2, 0.25) is 0 Å². The summed E-state index contributed by atoms with van der Waals surface area (Å²) in [6, 6.07) is 6.55. The zero-order valence-corrected chi connectivity index (χ0v) is 12.2. The number of carbonyl (C=O) groups excluding carboxylic acids is 1. The van der Waals surface area contributed by atoms with E-state index in [-0.39, 0.29) is 12.1 Å². The SMILES string of the molecule is CCOc1cccc(NC(=O)N2CCC(C(=O)O)C2C)c1. The molecule has 0 aliphatic carbocycles. The van der Waals surface area contributed by atoms with Gasteiger partial charge in [-0.1, -0.05) is 6.07 Å². The second-order valence-corrected chi connectivity index (χ2v) is 5.06. The molecule has 1 aromatic rings. The van der Waals surface area contributed by atoms with Crippen molar-refractivity contribution in [2.75, 3.05) is 18.5 Å². The van der Waals surface area contributed by atoms with Gasteiger partial charge in [-0.15, -0.1) is 0 Å². The third-order valence-electron chi connectivity index (χ3n) is 3.73. The van der Waals surface area contributed by atoms with Gasteiger partial charge in [0.2, 0.25) is 0 Å². The molecule has 1 aliphatic rings. The highest BCUT2D eigenvalue weighted by atomic mass is 16.5. The van der Waals surface area contributed by atoms with Gasteiger partial charge in [-0.25, -0.2) is 4.79 Å². The van der Waals surface area contributed by atoms with Crippen LogP contribution in [0.4, 0.5) is 10.5 Å². The quantitative estimate of drug-likeness (QED) is 0.893. The Kier molecular flexibility index (Phi) is 4.67. The Labute approximate surface area is 123 Å². The van der Waals surface area contributed by atoms with Gasteiger partial charge in [-0.2, -0.15) is 0 Å². The summed E-state index contributed by atoms with van der Waals surface area (Å²) in [7, 11) is 0. The first-order valence-electron chi connectivity index (χ1n) is 7.06. The Hall–Kier alpha value is -2.24. The number of benzene rings is 1. The Morgan fingerprint density at radius 3 is 2.86 bits per heavy atom. The fraction of sp³-hybridized carbons (Fsp3) is 0.467. The topological polar surface area (TPSA) is 78.9 Å². The molecule has 0 bridgehead atoms. The van der Waals surface area contributed by atoms with E-state index in [0.29, 0.717) is 31.0 Å². The number of urea groups is 1. The minimum atomic E-state index is -0.851. The summed E-state index contributed by atoms with van der Waals surface area (Å²) in [5.41, 5.74) is 0.636. The number of anilines is 1. The Bertz CT molecular complexity index is 532. The predicted molar refractivity (Wildman–Crippen MR) is 78.5 cm³/mol. The van der Waals surface area contributed by atoms with E-state index in [1.807, 2.05) is 13.0 Å². The molecule has 1 aliphatic heterocycles. The van der Waals surface area contributed by atoms with E-state index in [1.54, 1.807) is 30.0 Å². The first-order valence-corrected chi connectivity index (χ1v) is 7.06. The largest absolute Gasteiger partial charge is 0.494 e. The van der Waals surface area contributed by atoms with E-state index < -0.39 is 11.9 Å². The van der Waals surface area contributed by atoms with Crippen molar-refractivity contribution in [3.63, 3.8) is 0 Å². The maximum absolute atomic E-state index is 12.2. The molecule has 2 unspecified atom stereocenters. The number of hydrogen-bond donors (Lipinski definition) is 2. The number of ether oxygens (including phenoxy) is 1. The van der Waals surface area contributed by atoms with Gasteiger partial charge in [0, 0.05) is 24.3 Å². The van der Waals surface area contributed by atoms with Crippen LogP contribution in [-0.4, -0.2) is 41.2 Å². The van der Waals surface area contributed by atoms with Gasteiger partial charge in [-0.3, -0.25) is 4.79 Å². The molecule has 1 aromatic carbocycles. The van der Waals surface area contributed by atoms with Gasteiger partial charge in [0.1, 0.15) is 5.75 Å². The minimum Gasteiger partial charge on any atom is -0.494 e. The smallest absolute Gasteiger partial charge is 0.322 e. The Morgan fingerprint density at radius 1 is 1.48 bits per heavy atom. The first-order chi connectivity index (χ1) is 10.0. The maximum Gasteiger partial charge on any atom is 0.322 e. The van der Waals surface area contributed by atoms with Crippen LogP contribution in [0.5, 0.6) is 5.75 Å². The second kappa shape index (κ2) is 6.47. The van der Waals surface area contributed by atoms with E-state index >= 15 is 0 Å². The van der Waals surface area contributed by atoms with Crippen molar-refractivity contribution < 1.29 is 19.4 Å². The van der Waals surface area contributed by atoms with Crippen molar-refractivity contribution in [3.8, 4) is 5.75 Å². The normalized spacial score (nSPS) is 21.1. The molecule has 1 saturated heterocycles. The summed E-state index contributed by atoms with van der Waals surface area (Å²) in [6.07, 6.45) is 0.489. The van der Waals surface area contributed by atoms with E-state index in [2.05, 4.69) is 5.32 Å². The first kappa shape index (κ1) is 15.2. The molecule has 6 nitrogen and oxygen atoms in total. The lowest BCUT2D eigenvalue weighted by molar-refractivity contribution is -0.142. The second-order valence-electron chi connectivity index (χ2n) is 5.06. The van der Waals surface area contributed by atoms with Crippen LogP contribution in [0.25, 0.3) is 0 Å². The number of amides is 2. The van der Waals surface area contributed by atoms with Gasteiger partial charge in [0.15, 0.2) is 0 Å². The van der Waals surface area contributed by atoms with Crippen molar-refractivity contribution >= 4 is 17.7 Å². The van der Waals surface area contributed by atoms with Gasteiger partial charge in [0.05, 0.1) is 12.5 Å². The molecule has 2 rings (SSSR count). The lowest BCUT2D eigenvalue weighted by Crippen LogP contribution is -2.40. The van der Waals surface area contributed by atoms with Crippen molar-refractivity contribution in [2.45, 2.75) is 26.3 Å². The Balaban J connectivity index is 2.02. The van der Waals surface area contributed by atoms with E-state index in [4.69, 9.17) is 9.84 Å². The van der Waals surface area contributed by atoms with Crippen LogP contribution in [0.3, 0.4) is 0 Å². The third-order valence-corrected chi connectivity index (χ3v) is 3.73. The van der Waals surface area contributed by atoms with Crippen LogP contribution in [0, 0.1) is 5.92 Å². The zero-order valence-electron chi connectivity index (χ0n) is 12.2. The third kappa shape index (κ3) is 3.45. The highest BCUT2D eigenvalue weighted by Crippen LogP contribution is 2.25. The zero-order chi connectivity index (χ0) is 15.4. The molecule has 0 aromatic heterocycles. The predicted octanol–water partition coefficient (Wildman–Crippen LogP) is 2.41. The summed E-state index contributed by atoms with van der Waals surface area (Å²) in [6.45, 7) is 4.67. The number of likely N-dealkylation sites (tertiary alicyclic amines) is 1. The van der Waals surface area contributed by atoms with Gasteiger partial charge in [-0.05, 0) is 32.4 Å². The van der Waals surface area contributed by atoms with E-state index in [0.717, 1.165) is 0 Å². The molecule has 2 N–H and O–H groups in total. The average Bonchev–Trinajstić information content (AvgIpc) is 2.81. The molecule has 1 fully saturated rings. The number of hydrogen-bond acceptors (Lipinski definition) is 3. The van der Waals surface area contributed by atoms with Crippen LogP contribution >= 0.6 is 0 Å². The van der Waals surface area contributed by atoms with Crippen LogP contribution < -0.4 is 10.1 Å². The van der Waals surface area contributed by atoms with Gasteiger partial charge >= 0.3 is 12.0 Å². The molecular weight excluding hydrogens is 272 g/mol. The molecule has 1 heterocycles. The van der Waals surface area contributed by atoms with E-state index in [9.17, 15) is 9.59 Å². The summed E-state index contributed by atoms with van der Waals surface area (Å²) in [4.78, 5) is 24.9. The molecule has 0 radical (unpaired) electrons. The van der Waals surface area contributed by atoms with Crippen LogP contribution in [0.1, 0.15) is 20.3 Å². The van der Waals surface area contributed by atoms with Crippen molar-refractivity contribution in [2.24, 2.45) is 5.92 Å². The molecule has 0 saturated carbocycles. The molecule has 21 heavy (non-hydrogen) atoms. The fourth-order valence-electron chi connectivity index (χ4n) is 2.58. The Morgan fingerprint density at radius 2 is 2.24 bits per heavy atom. The maximum atomic E-state index is 12.2. The van der Waals surface area contributed by atoms with Crippen LogP contribution in [-0.2, 0) is 4.79 Å². The summed E-state index contributed by atoms with van der Waals surface area (Å²) < 4.78 is 5.38. The molecule has 0 spiro atoms. The highest BCUT2D eigenvalue weighted by molar-refractivity contribution is 5.90.